The highest BCUT2D eigenvalue weighted by Gasteiger charge is 2.12. The van der Waals surface area contributed by atoms with E-state index in [1.54, 1.807) is 6.07 Å². The van der Waals surface area contributed by atoms with Crippen molar-refractivity contribution in [3.63, 3.8) is 0 Å². The van der Waals surface area contributed by atoms with E-state index in [0.29, 0.717) is 0 Å². The predicted octanol–water partition coefficient (Wildman–Crippen LogP) is 0.0391. The van der Waals surface area contributed by atoms with Crippen molar-refractivity contribution in [1.82, 2.24) is 0 Å². The number of aromatic nitrogens is 1. The largest absolute Gasteiger partial charge is 0.477 e. The van der Waals surface area contributed by atoms with Crippen LogP contribution in [0.4, 0.5) is 0 Å². The number of carboxylic acid groups (broad SMARTS) is 1. The molecule has 1 aromatic heterocycles. The average Bonchev–Trinajstić information content (AvgIpc) is 2.05. The molecule has 1 N–H and O–H groups in total. The van der Waals surface area contributed by atoms with E-state index in [9.17, 15) is 4.79 Å². The number of carboxylic acids is 1. The second kappa shape index (κ2) is 3.21. The first-order chi connectivity index (χ1) is 5.65. The number of carbonyl (C=O) groups is 1. The molecule has 0 spiro atoms. The van der Waals surface area contributed by atoms with Crippen molar-refractivity contribution in [2.75, 3.05) is 7.11 Å². The molecule has 4 heteroatoms. The van der Waals surface area contributed by atoms with E-state index in [1.165, 1.54) is 24.1 Å². The first-order valence-electron chi connectivity index (χ1n) is 3.45. The first kappa shape index (κ1) is 8.52. The van der Waals surface area contributed by atoms with Crippen molar-refractivity contribution in [3.05, 3.63) is 29.6 Å². The zero-order valence-corrected chi connectivity index (χ0v) is 6.94. The summed E-state index contributed by atoms with van der Waals surface area (Å²) in [6.07, 6.45) is 1.43. The number of nitrogens with zero attached hydrogens (tertiary/aromatic N) is 1. The molecule has 0 saturated heterocycles. The normalized spacial score (nSPS) is 9.50. The standard InChI is InChI=1S/C8H9NO3/c1-6-3-4-7(8(10)11)5-9(6)12-2/h3-5H,1-2H3/p+1. The lowest BCUT2D eigenvalue weighted by Crippen LogP contribution is -2.43. The summed E-state index contributed by atoms with van der Waals surface area (Å²) >= 11 is 0. The van der Waals surface area contributed by atoms with Crippen LogP contribution in [0.15, 0.2) is 18.3 Å². The molecule has 0 amide bonds. The molecule has 12 heavy (non-hydrogen) atoms. The van der Waals surface area contributed by atoms with Gasteiger partial charge in [0.15, 0.2) is 0 Å². The molecule has 1 aromatic rings. The molecule has 0 unspecified atom stereocenters. The summed E-state index contributed by atoms with van der Waals surface area (Å²) in [5.41, 5.74) is 1.06. The number of rotatable bonds is 2. The molecule has 0 bridgehead atoms. The predicted molar refractivity (Wildman–Crippen MR) is 40.8 cm³/mol. The summed E-state index contributed by atoms with van der Waals surface area (Å²) in [6, 6.07) is 3.22. The minimum atomic E-state index is -0.958. The maximum absolute atomic E-state index is 10.5. The lowest BCUT2D eigenvalue weighted by molar-refractivity contribution is -0.889. The minimum absolute atomic E-state index is 0.211. The van der Waals surface area contributed by atoms with E-state index in [2.05, 4.69) is 0 Å². The maximum Gasteiger partial charge on any atom is 0.341 e. The SMILES string of the molecule is CO[n+]1cc(C(=O)O)ccc1C. The molecular formula is C8H10NO3+. The summed E-state index contributed by atoms with van der Waals surface area (Å²) in [7, 11) is 1.48. The molecule has 0 aromatic carbocycles. The molecule has 0 radical (unpaired) electrons. The van der Waals surface area contributed by atoms with Gasteiger partial charge in [-0.05, 0) is 6.07 Å². The third-order valence-corrected chi connectivity index (χ3v) is 1.55. The van der Waals surface area contributed by atoms with E-state index in [0.717, 1.165) is 5.69 Å². The van der Waals surface area contributed by atoms with Gasteiger partial charge in [0, 0.05) is 17.7 Å². The van der Waals surface area contributed by atoms with Crippen molar-refractivity contribution in [2.45, 2.75) is 6.92 Å². The molecule has 0 aliphatic heterocycles. The fourth-order valence-corrected chi connectivity index (χ4v) is 0.878. The lowest BCUT2D eigenvalue weighted by Gasteiger charge is -1.95. The summed E-state index contributed by atoms with van der Waals surface area (Å²) < 4.78 is 1.41. The Balaban J connectivity index is 3.13. The van der Waals surface area contributed by atoms with Crippen LogP contribution in [0.1, 0.15) is 16.1 Å². The van der Waals surface area contributed by atoms with Gasteiger partial charge in [-0.2, -0.15) is 0 Å². The van der Waals surface area contributed by atoms with E-state index in [1.807, 2.05) is 6.92 Å². The topological polar surface area (TPSA) is 50.4 Å². The highest BCUT2D eigenvalue weighted by atomic mass is 16.6. The van der Waals surface area contributed by atoms with Crippen molar-refractivity contribution >= 4 is 5.97 Å². The van der Waals surface area contributed by atoms with E-state index < -0.39 is 5.97 Å². The Morgan fingerprint density at radius 1 is 1.58 bits per heavy atom. The fourth-order valence-electron chi connectivity index (χ4n) is 0.878. The Morgan fingerprint density at radius 3 is 2.75 bits per heavy atom. The van der Waals surface area contributed by atoms with Crippen molar-refractivity contribution in [1.29, 1.82) is 0 Å². The maximum atomic E-state index is 10.5. The Morgan fingerprint density at radius 2 is 2.25 bits per heavy atom. The average molecular weight is 168 g/mol. The molecule has 0 fully saturated rings. The van der Waals surface area contributed by atoms with Crippen LogP contribution in [0.25, 0.3) is 0 Å². The number of aryl methyl sites for hydroxylation is 1. The number of aromatic carboxylic acids is 1. The summed E-state index contributed by atoms with van der Waals surface area (Å²) in [6.45, 7) is 1.83. The molecule has 1 heterocycles. The van der Waals surface area contributed by atoms with Gasteiger partial charge in [0.1, 0.15) is 12.7 Å². The third kappa shape index (κ3) is 1.53. The van der Waals surface area contributed by atoms with Crippen LogP contribution < -0.4 is 9.57 Å². The Labute approximate surface area is 70.0 Å². The van der Waals surface area contributed by atoms with Gasteiger partial charge in [-0.15, -0.1) is 0 Å². The van der Waals surface area contributed by atoms with E-state index in [4.69, 9.17) is 9.94 Å². The van der Waals surface area contributed by atoms with Crippen LogP contribution >= 0.6 is 0 Å². The van der Waals surface area contributed by atoms with Crippen molar-refractivity contribution < 1.29 is 19.5 Å². The zero-order valence-electron chi connectivity index (χ0n) is 6.94. The lowest BCUT2D eigenvalue weighted by atomic mass is 10.2. The van der Waals surface area contributed by atoms with E-state index >= 15 is 0 Å². The number of pyridine rings is 1. The molecule has 64 valence electrons. The van der Waals surface area contributed by atoms with Gasteiger partial charge in [-0.25, -0.2) is 4.79 Å². The van der Waals surface area contributed by atoms with Crippen LogP contribution in [0, 0.1) is 6.92 Å². The summed E-state index contributed by atoms with van der Waals surface area (Å²) in [4.78, 5) is 15.4. The Hall–Kier alpha value is -1.58. The smallest absolute Gasteiger partial charge is 0.341 e. The van der Waals surface area contributed by atoms with Gasteiger partial charge in [0.2, 0.25) is 11.9 Å². The van der Waals surface area contributed by atoms with Crippen LogP contribution in [-0.2, 0) is 0 Å². The van der Waals surface area contributed by atoms with Crippen LogP contribution in [-0.4, -0.2) is 18.2 Å². The van der Waals surface area contributed by atoms with Gasteiger partial charge in [-0.1, -0.05) is 0 Å². The minimum Gasteiger partial charge on any atom is -0.477 e. The molecule has 0 aliphatic carbocycles. The second-order valence-corrected chi connectivity index (χ2v) is 2.37. The number of hydrogen-bond donors (Lipinski definition) is 1. The zero-order chi connectivity index (χ0) is 9.14. The van der Waals surface area contributed by atoms with Crippen LogP contribution in [0.2, 0.25) is 0 Å². The van der Waals surface area contributed by atoms with Gasteiger partial charge >= 0.3 is 5.97 Å². The molecule has 0 saturated carbocycles. The van der Waals surface area contributed by atoms with E-state index in [-0.39, 0.29) is 5.56 Å². The monoisotopic (exact) mass is 168 g/mol. The van der Waals surface area contributed by atoms with Crippen molar-refractivity contribution in [3.8, 4) is 0 Å². The fraction of sp³-hybridized carbons (Fsp3) is 0.250. The quantitative estimate of drug-likeness (QED) is 0.634. The molecule has 4 nitrogen and oxygen atoms in total. The Kier molecular flexibility index (Phi) is 2.28. The van der Waals surface area contributed by atoms with Gasteiger partial charge < -0.3 is 5.11 Å². The molecule has 1 rings (SSSR count). The Bertz CT molecular complexity index is 309. The summed E-state index contributed by atoms with van der Waals surface area (Å²) in [5.74, 6) is -0.958. The van der Waals surface area contributed by atoms with Gasteiger partial charge in [0.25, 0.3) is 0 Å². The second-order valence-electron chi connectivity index (χ2n) is 2.37. The number of hydrogen-bond acceptors (Lipinski definition) is 2. The molecular weight excluding hydrogens is 158 g/mol. The molecule has 0 atom stereocenters. The first-order valence-corrected chi connectivity index (χ1v) is 3.45. The van der Waals surface area contributed by atoms with Crippen LogP contribution in [0.5, 0.6) is 0 Å². The third-order valence-electron chi connectivity index (χ3n) is 1.55. The van der Waals surface area contributed by atoms with Crippen LogP contribution in [0.3, 0.4) is 0 Å². The highest BCUT2D eigenvalue weighted by Crippen LogP contribution is 1.96. The van der Waals surface area contributed by atoms with Gasteiger partial charge in [0.05, 0.1) is 0 Å². The highest BCUT2D eigenvalue weighted by molar-refractivity contribution is 5.86. The summed E-state index contributed by atoms with van der Waals surface area (Å²) in [5, 5.41) is 8.63. The molecule has 0 aliphatic rings. The van der Waals surface area contributed by atoms with Crippen molar-refractivity contribution in [2.24, 2.45) is 0 Å². The van der Waals surface area contributed by atoms with Gasteiger partial charge in [-0.3, -0.25) is 4.84 Å².